The van der Waals surface area contributed by atoms with Crippen LogP contribution in [-0.2, 0) is 12.8 Å². The van der Waals surface area contributed by atoms with Crippen molar-refractivity contribution in [3.8, 4) is 5.75 Å². The highest BCUT2D eigenvalue weighted by atomic mass is 16.4. The maximum atomic E-state index is 5.46. The van der Waals surface area contributed by atoms with E-state index < -0.39 is 0 Å². The summed E-state index contributed by atoms with van der Waals surface area (Å²) in [7, 11) is 1.73. The van der Waals surface area contributed by atoms with Gasteiger partial charge < -0.3 is 4.65 Å². The molecule has 0 N–H and O–H groups in total. The molecule has 0 bridgehead atoms. The normalized spacial score (nSPS) is 10.7. The van der Waals surface area contributed by atoms with Gasteiger partial charge in [-0.25, -0.2) is 0 Å². The third-order valence-corrected chi connectivity index (χ3v) is 2.60. The largest absolute Gasteiger partial charge is 0.566 e. The number of pyridine rings is 1. The van der Waals surface area contributed by atoms with Crippen molar-refractivity contribution in [2.45, 2.75) is 40.5 Å². The first-order valence-electron chi connectivity index (χ1n) is 5.61. The molecule has 0 spiro atoms. The summed E-state index contributed by atoms with van der Waals surface area (Å²) in [4.78, 5) is 4.36. The molecule has 0 amide bonds. The van der Waals surface area contributed by atoms with Gasteiger partial charge in [-0.3, -0.25) is 4.98 Å². The smallest absolute Gasteiger partial charge is 0.322 e. The van der Waals surface area contributed by atoms with E-state index in [1.807, 2.05) is 13.1 Å². The van der Waals surface area contributed by atoms with Crippen LogP contribution >= 0.6 is 0 Å². The summed E-state index contributed by atoms with van der Waals surface area (Å²) < 4.78 is 5.46. The molecule has 2 nitrogen and oxygen atoms in total. The molecule has 0 atom stereocenters. The highest BCUT2D eigenvalue weighted by Gasteiger charge is 2.12. The first-order chi connectivity index (χ1) is 7.10. The Balaban J connectivity index is 3.21. The average molecular weight is 205 g/mol. The predicted octanol–water partition coefficient (Wildman–Crippen LogP) is 2.08. The summed E-state index contributed by atoms with van der Waals surface area (Å²) >= 11 is 0. The van der Waals surface area contributed by atoms with Gasteiger partial charge in [0.1, 0.15) is 5.75 Å². The fourth-order valence-corrected chi connectivity index (χ4v) is 1.88. The monoisotopic (exact) mass is 205 g/mol. The van der Waals surface area contributed by atoms with E-state index in [2.05, 4.69) is 25.8 Å². The van der Waals surface area contributed by atoms with Crippen molar-refractivity contribution in [2.24, 2.45) is 5.92 Å². The summed E-state index contributed by atoms with van der Waals surface area (Å²) in [5.74, 6) is 1.62. The van der Waals surface area contributed by atoms with Crippen molar-refractivity contribution >= 4 is 8.05 Å². The number of rotatable bonds is 4. The zero-order valence-electron chi connectivity index (χ0n) is 10.4. The second-order valence-electron chi connectivity index (χ2n) is 4.33. The molecular formula is C12H20BNO. The maximum Gasteiger partial charge on any atom is 0.322 e. The Hall–Kier alpha value is -0.985. The molecule has 3 heteroatoms. The summed E-state index contributed by atoms with van der Waals surface area (Å²) in [6.07, 6.45) is 4.07. The molecule has 0 aliphatic heterocycles. The Bertz CT molecular complexity index is 337. The molecule has 0 aromatic carbocycles. The molecule has 0 saturated carbocycles. The Morgan fingerprint density at radius 1 is 1.47 bits per heavy atom. The predicted molar refractivity (Wildman–Crippen MR) is 66.1 cm³/mol. The zero-order valence-corrected chi connectivity index (χ0v) is 10.4. The van der Waals surface area contributed by atoms with Gasteiger partial charge in [-0.1, -0.05) is 20.8 Å². The lowest BCUT2D eigenvalue weighted by Crippen LogP contribution is -2.05. The second-order valence-corrected chi connectivity index (χ2v) is 4.33. The summed E-state index contributed by atoms with van der Waals surface area (Å²) in [5.41, 5.74) is 3.64. The number of hydrogen-bond donors (Lipinski definition) is 0. The highest BCUT2D eigenvalue weighted by Crippen LogP contribution is 2.27. The van der Waals surface area contributed by atoms with E-state index in [0.717, 1.165) is 24.3 Å². The van der Waals surface area contributed by atoms with Crippen LogP contribution in [0.25, 0.3) is 0 Å². The lowest BCUT2D eigenvalue weighted by atomic mass is 9.96. The molecule has 82 valence electrons. The van der Waals surface area contributed by atoms with Gasteiger partial charge in [0, 0.05) is 6.20 Å². The van der Waals surface area contributed by atoms with Crippen LogP contribution in [0, 0.1) is 12.8 Å². The minimum atomic E-state index is 0.644. The molecule has 0 fully saturated rings. The highest BCUT2D eigenvalue weighted by molar-refractivity contribution is 6.00. The van der Waals surface area contributed by atoms with Crippen LogP contribution in [0.2, 0.25) is 0 Å². The van der Waals surface area contributed by atoms with Crippen LogP contribution in [0.3, 0.4) is 0 Å². The van der Waals surface area contributed by atoms with Crippen molar-refractivity contribution < 1.29 is 4.65 Å². The van der Waals surface area contributed by atoms with E-state index in [0.29, 0.717) is 5.92 Å². The molecule has 0 aliphatic rings. The Kier molecular flexibility index (Phi) is 4.19. The van der Waals surface area contributed by atoms with Gasteiger partial charge in [0.2, 0.25) is 0 Å². The average Bonchev–Trinajstić information content (AvgIpc) is 2.18. The van der Waals surface area contributed by atoms with E-state index in [9.17, 15) is 0 Å². The lowest BCUT2D eigenvalue weighted by Gasteiger charge is -2.16. The van der Waals surface area contributed by atoms with E-state index in [1.165, 1.54) is 11.1 Å². The minimum Gasteiger partial charge on any atom is -0.566 e. The van der Waals surface area contributed by atoms with Gasteiger partial charge in [-0.05, 0) is 36.8 Å². The first kappa shape index (κ1) is 12.1. The molecule has 1 rings (SSSR count). The van der Waals surface area contributed by atoms with Crippen molar-refractivity contribution in [3.05, 3.63) is 23.0 Å². The fourth-order valence-electron chi connectivity index (χ4n) is 1.88. The molecule has 0 saturated heterocycles. The summed E-state index contributed by atoms with van der Waals surface area (Å²) in [6, 6.07) is 0. The van der Waals surface area contributed by atoms with Gasteiger partial charge in [0.25, 0.3) is 0 Å². The topological polar surface area (TPSA) is 22.1 Å². The van der Waals surface area contributed by atoms with E-state index in [4.69, 9.17) is 4.65 Å². The molecule has 0 aliphatic carbocycles. The van der Waals surface area contributed by atoms with Gasteiger partial charge in [0.05, 0.1) is 5.69 Å². The van der Waals surface area contributed by atoms with Crippen molar-refractivity contribution in [1.29, 1.82) is 0 Å². The molecule has 0 unspecified atom stereocenters. The van der Waals surface area contributed by atoms with Crippen molar-refractivity contribution in [3.63, 3.8) is 0 Å². The Morgan fingerprint density at radius 3 is 2.60 bits per heavy atom. The molecular weight excluding hydrogens is 185 g/mol. The van der Waals surface area contributed by atoms with E-state index in [-0.39, 0.29) is 0 Å². The van der Waals surface area contributed by atoms with E-state index >= 15 is 0 Å². The molecule has 15 heavy (non-hydrogen) atoms. The van der Waals surface area contributed by atoms with Crippen LogP contribution in [0.5, 0.6) is 5.75 Å². The summed E-state index contributed by atoms with van der Waals surface area (Å²) in [6.45, 7) is 8.63. The molecule has 1 aromatic rings. The van der Waals surface area contributed by atoms with Gasteiger partial charge in [-0.15, -0.1) is 0 Å². The third kappa shape index (κ3) is 2.74. The number of nitrogens with zero attached hydrogens (tertiary/aromatic N) is 1. The Labute approximate surface area is 93.5 Å². The van der Waals surface area contributed by atoms with Gasteiger partial charge in [-0.2, -0.15) is 0 Å². The SMILES string of the molecule is BOc1c(C)ncc(CC)c1CC(C)C. The van der Waals surface area contributed by atoms with Crippen molar-refractivity contribution in [1.82, 2.24) is 4.98 Å². The zero-order chi connectivity index (χ0) is 11.4. The first-order valence-corrected chi connectivity index (χ1v) is 5.61. The fraction of sp³-hybridized carbons (Fsp3) is 0.583. The van der Waals surface area contributed by atoms with Crippen LogP contribution < -0.4 is 4.65 Å². The summed E-state index contributed by atoms with van der Waals surface area (Å²) in [5, 5.41) is 0. The third-order valence-electron chi connectivity index (χ3n) is 2.60. The minimum absolute atomic E-state index is 0.644. The van der Waals surface area contributed by atoms with Gasteiger partial charge >= 0.3 is 8.05 Å². The van der Waals surface area contributed by atoms with E-state index in [1.54, 1.807) is 8.05 Å². The molecule has 0 radical (unpaired) electrons. The number of hydrogen-bond acceptors (Lipinski definition) is 2. The molecule has 1 aromatic heterocycles. The Morgan fingerprint density at radius 2 is 2.13 bits per heavy atom. The van der Waals surface area contributed by atoms with Crippen LogP contribution in [-0.4, -0.2) is 13.0 Å². The molecule has 1 heterocycles. The lowest BCUT2D eigenvalue weighted by molar-refractivity contribution is 0.566. The quantitative estimate of drug-likeness (QED) is 0.702. The van der Waals surface area contributed by atoms with Crippen molar-refractivity contribution in [2.75, 3.05) is 0 Å². The standard InChI is InChI=1S/C12H20BNO/c1-5-10-7-14-9(4)12(15-13)11(10)6-8(2)3/h7-8H,5-6,13H2,1-4H3. The van der Waals surface area contributed by atoms with Crippen LogP contribution in [0.4, 0.5) is 0 Å². The van der Waals surface area contributed by atoms with Crippen LogP contribution in [0.15, 0.2) is 6.20 Å². The maximum absolute atomic E-state index is 5.46. The van der Waals surface area contributed by atoms with Crippen LogP contribution in [0.1, 0.15) is 37.6 Å². The van der Waals surface area contributed by atoms with Gasteiger partial charge in [0.15, 0.2) is 0 Å². The second kappa shape index (κ2) is 5.20. The number of aromatic nitrogens is 1. The number of aryl methyl sites for hydroxylation is 2.